The predicted octanol–water partition coefficient (Wildman–Crippen LogP) is 1.06. The average molecular weight is 144 g/mol. The summed E-state index contributed by atoms with van der Waals surface area (Å²) in [5.41, 5.74) is 0. The van der Waals surface area contributed by atoms with E-state index in [0.717, 1.165) is 30.3 Å². The Kier molecular flexibility index (Phi) is 4.28. The molecule has 0 bridgehead atoms. The Balaban J connectivity index is 3.36. The van der Waals surface area contributed by atoms with Gasteiger partial charge in [0.25, 0.3) is 0 Å². The zero-order valence-corrected chi connectivity index (χ0v) is 7.26. The van der Waals surface area contributed by atoms with Crippen LogP contribution in [-0.4, -0.2) is 38.0 Å². The van der Waals surface area contributed by atoms with E-state index in [2.05, 4.69) is 21.0 Å². The van der Waals surface area contributed by atoms with E-state index in [1.165, 1.54) is 0 Å². The van der Waals surface area contributed by atoms with Gasteiger partial charge in [-0.2, -0.15) is 0 Å². The molecule has 0 radical (unpaired) electrons. The molecule has 0 rings (SSSR count). The Bertz CT molecular complexity index is 99.4. The largest absolute Gasteiger partial charge is 0.329 e. The lowest BCUT2D eigenvalue weighted by molar-refractivity contribution is -0.888. The number of quaternary nitrogens is 1. The first-order valence-corrected chi connectivity index (χ1v) is 3.88. The van der Waals surface area contributed by atoms with Crippen LogP contribution in [0.1, 0.15) is 19.8 Å². The molecule has 0 aromatic heterocycles. The molecule has 0 N–H and O–H groups in total. The molecule has 0 atom stereocenters. The zero-order chi connectivity index (χ0) is 8.04. The summed E-state index contributed by atoms with van der Waals surface area (Å²) in [6.07, 6.45) is 2.72. The summed E-state index contributed by atoms with van der Waals surface area (Å²) in [5, 5.41) is 0. The second-order valence-corrected chi connectivity index (χ2v) is 3.28. The fraction of sp³-hybridized carbons (Fsp3) is 0.875. The number of nitrogens with zero attached hydrogens (tertiary/aromatic N) is 1. The van der Waals surface area contributed by atoms with Crippen molar-refractivity contribution < 1.29 is 9.28 Å². The number of hydrogen-bond acceptors (Lipinski definition) is 1. The first kappa shape index (κ1) is 9.63. The maximum Gasteiger partial charge on any atom is 0.120 e. The standard InChI is InChI=1S/C8H18NO/c1-4-9(2,3)7-5-6-8-10/h8H,4-7H2,1-3H3/q+1. The van der Waals surface area contributed by atoms with E-state index < -0.39 is 0 Å². The highest BCUT2D eigenvalue weighted by Crippen LogP contribution is 1.98. The minimum Gasteiger partial charge on any atom is -0.329 e. The molecule has 0 aliphatic heterocycles. The molecule has 0 aromatic carbocycles. The van der Waals surface area contributed by atoms with Crippen molar-refractivity contribution in [3.8, 4) is 0 Å². The monoisotopic (exact) mass is 144 g/mol. The second-order valence-electron chi connectivity index (χ2n) is 3.28. The third-order valence-electron chi connectivity index (χ3n) is 1.94. The molecule has 0 saturated carbocycles. The van der Waals surface area contributed by atoms with Crippen LogP contribution >= 0.6 is 0 Å². The Morgan fingerprint density at radius 2 is 2.00 bits per heavy atom. The number of carbonyl (C=O) groups excluding carboxylic acids is 1. The summed E-state index contributed by atoms with van der Waals surface area (Å²) in [6, 6.07) is 0. The maximum absolute atomic E-state index is 9.97. The molecule has 2 nitrogen and oxygen atoms in total. The molecule has 0 unspecified atom stereocenters. The van der Waals surface area contributed by atoms with Crippen LogP contribution in [0.4, 0.5) is 0 Å². The Hall–Kier alpha value is -0.370. The summed E-state index contributed by atoms with van der Waals surface area (Å²) >= 11 is 0. The maximum atomic E-state index is 9.97. The summed E-state index contributed by atoms with van der Waals surface area (Å²) < 4.78 is 1.02. The lowest BCUT2D eigenvalue weighted by Gasteiger charge is -2.27. The van der Waals surface area contributed by atoms with E-state index in [4.69, 9.17) is 0 Å². The van der Waals surface area contributed by atoms with Crippen molar-refractivity contribution in [1.82, 2.24) is 0 Å². The van der Waals surface area contributed by atoms with Gasteiger partial charge in [-0.25, -0.2) is 0 Å². The van der Waals surface area contributed by atoms with Crippen LogP contribution < -0.4 is 0 Å². The highest BCUT2D eigenvalue weighted by atomic mass is 16.1. The first-order chi connectivity index (χ1) is 4.62. The van der Waals surface area contributed by atoms with Gasteiger partial charge in [-0.05, 0) is 6.92 Å². The van der Waals surface area contributed by atoms with Crippen LogP contribution in [-0.2, 0) is 4.79 Å². The normalized spacial score (nSPS) is 11.5. The van der Waals surface area contributed by atoms with Crippen LogP contribution in [0.15, 0.2) is 0 Å². The molecular weight excluding hydrogens is 126 g/mol. The zero-order valence-electron chi connectivity index (χ0n) is 7.26. The summed E-state index contributed by atoms with van der Waals surface area (Å²) in [4.78, 5) is 9.97. The topological polar surface area (TPSA) is 17.1 Å². The summed E-state index contributed by atoms with van der Waals surface area (Å²) in [6.45, 7) is 4.41. The van der Waals surface area contributed by atoms with Crippen molar-refractivity contribution in [2.24, 2.45) is 0 Å². The van der Waals surface area contributed by atoms with Crippen LogP contribution in [0.2, 0.25) is 0 Å². The van der Waals surface area contributed by atoms with Crippen molar-refractivity contribution in [1.29, 1.82) is 0 Å². The molecule has 0 spiro atoms. The lowest BCUT2D eigenvalue weighted by Crippen LogP contribution is -2.39. The number of unbranched alkanes of at least 4 members (excludes halogenated alkanes) is 1. The van der Waals surface area contributed by atoms with E-state index in [1.807, 2.05) is 0 Å². The van der Waals surface area contributed by atoms with Gasteiger partial charge in [0, 0.05) is 12.8 Å². The van der Waals surface area contributed by atoms with E-state index in [9.17, 15) is 4.79 Å². The van der Waals surface area contributed by atoms with Gasteiger partial charge in [0.05, 0.1) is 27.2 Å². The van der Waals surface area contributed by atoms with E-state index in [0.29, 0.717) is 6.42 Å². The van der Waals surface area contributed by atoms with Gasteiger partial charge in [-0.15, -0.1) is 0 Å². The van der Waals surface area contributed by atoms with Crippen molar-refractivity contribution in [2.45, 2.75) is 19.8 Å². The van der Waals surface area contributed by atoms with Gasteiger partial charge in [0.1, 0.15) is 6.29 Å². The van der Waals surface area contributed by atoms with Crippen molar-refractivity contribution in [2.75, 3.05) is 27.2 Å². The molecule has 0 aliphatic carbocycles. The number of rotatable bonds is 5. The molecule has 0 heterocycles. The molecule has 0 aromatic rings. The Morgan fingerprint density at radius 1 is 1.40 bits per heavy atom. The van der Waals surface area contributed by atoms with Crippen LogP contribution in [0.5, 0.6) is 0 Å². The Morgan fingerprint density at radius 3 is 2.40 bits per heavy atom. The summed E-state index contributed by atoms with van der Waals surface area (Å²) in [5.74, 6) is 0. The minimum absolute atomic E-state index is 0.710. The van der Waals surface area contributed by atoms with E-state index >= 15 is 0 Å². The number of hydrogen-bond donors (Lipinski definition) is 0. The van der Waals surface area contributed by atoms with Crippen molar-refractivity contribution in [3.63, 3.8) is 0 Å². The van der Waals surface area contributed by atoms with Gasteiger partial charge >= 0.3 is 0 Å². The van der Waals surface area contributed by atoms with E-state index in [-0.39, 0.29) is 0 Å². The summed E-state index contributed by atoms with van der Waals surface area (Å²) in [7, 11) is 4.37. The smallest absolute Gasteiger partial charge is 0.120 e. The van der Waals surface area contributed by atoms with Crippen molar-refractivity contribution >= 4 is 6.29 Å². The second kappa shape index (κ2) is 4.45. The number of aldehydes is 1. The minimum atomic E-state index is 0.710. The fourth-order valence-electron chi connectivity index (χ4n) is 0.761. The molecular formula is C8H18NO+. The molecule has 0 saturated heterocycles. The van der Waals surface area contributed by atoms with Gasteiger partial charge in [-0.3, -0.25) is 0 Å². The van der Waals surface area contributed by atoms with Crippen LogP contribution in [0.3, 0.4) is 0 Å². The molecule has 0 fully saturated rings. The predicted molar refractivity (Wildman–Crippen MR) is 42.8 cm³/mol. The van der Waals surface area contributed by atoms with Gasteiger partial charge in [-0.1, -0.05) is 0 Å². The molecule has 60 valence electrons. The average Bonchev–Trinajstić information content (AvgIpc) is 1.89. The highest BCUT2D eigenvalue weighted by molar-refractivity contribution is 5.48. The Labute approximate surface area is 63.4 Å². The van der Waals surface area contributed by atoms with E-state index in [1.54, 1.807) is 0 Å². The quantitative estimate of drug-likeness (QED) is 0.320. The SMILES string of the molecule is CC[N+](C)(C)CCCC=O. The fourth-order valence-corrected chi connectivity index (χ4v) is 0.761. The van der Waals surface area contributed by atoms with Gasteiger partial charge in [0.2, 0.25) is 0 Å². The molecule has 0 aliphatic rings. The first-order valence-electron chi connectivity index (χ1n) is 3.88. The molecule has 2 heteroatoms. The molecule has 10 heavy (non-hydrogen) atoms. The van der Waals surface area contributed by atoms with Gasteiger partial charge < -0.3 is 9.28 Å². The van der Waals surface area contributed by atoms with Crippen molar-refractivity contribution in [3.05, 3.63) is 0 Å². The number of carbonyl (C=O) groups is 1. The molecule has 0 amide bonds. The lowest BCUT2D eigenvalue weighted by atomic mass is 10.3. The van der Waals surface area contributed by atoms with Crippen LogP contribution in [0.25, 0.3) is 0 Å². The van der Waals surface area contributed by atoms with Gasteiger partial charge in [0.15, 0.2) is 0 Å². The van der Waals surface area contributed by atoms with Crippen LogP contribution in [0, 0.1) is 0 Å². The highest BCUT2D eigenvalue weighted by Gasteiger charge is 2.09. The third kappa shape index (κ3) is 4.50. The third-order valence-corrected chi connectivity index (χ3v) is 1.94.